The van der Waals surface area contributed by atoms with Crippen molar-refractivity contribution in [3.8, 4) is 5.75 Å². The highest BCUT2D eigenvalue weighted by atomic mass is 79.9. The summed E-state index contributed by atoms with van der Waals surface area (Å²) in [5, 5.41) is 13.7. The van der Waals surface area contributed by atoms with Crippen LogP contribution in [0.5, 0.6) is 5.75 Å². The van der Waals surface area contributed by atoms with E-state index in [1.807, 2.05) is 13.8 Å². The quantitative estimate of drug-likeness (QED) is 0.558. The summed E-state index contributed by atoms with van der Waals surface area (Å²) in [6, 6.07) is 7.08. The third-order valence-electron chi connectivity index (χ3n) is 4.42. The van der Waals surface area contributed by atoms with Crippen molar-refractivity contribution in [1.82, 2.24) is 20.3 Å². The maximum absolute atomic E-state index is 12.4. The summed E-state index contributed by atoms with van der Waals surface area (Å²) in [6.07, 6.45) is 2.23. The molecule has 0 spiro atoms. The van der Waals surface area contributed by atoms with Crippen molar-refractivity contribution in [2.45, 2.75) is 45.1 Å². The van der Waals surface area contributed by atoms with E-state index in [1.165, 1.54) is 0 Å². The van der Waals surface area contributed by atoms with Crippen LogP contribution in [0.1, 0.15) is 66.4 Å². The first-order valence-corrected chi connectivity index (χ1v) is 9.91. The Hall–Kier alpha value is -2.68. The van der Waals surface area contributed by atoms with Gasteiger partial charge in [-0.1, -0.05) is 19.0 Å². The van der Waals surface area contributed by atoms with Crippen molar-refractivity contribution in [3.05, 3.63) is 51.8 Å². The Kier molecular flexibility index (Phi) is 5.17. The van der Waals surface area contributed by atoms with Gasteiger partial charge in [-0.3, -0.25) is 9.89 Å². The molecule has 2 aromatic heterocycles. The maximum Gasteiger partial charge on any atom is 0.277 e. The number of ether oxygens (including phenoxy) is 1. The van der Waals surface area contributed by atoms with Crippen molar-refractivity contribution < 1.29 is 14.1 Å². The van der Waals surface area contributed by atoms with E-state index < -0.39 is 0 Å². The Morgan fingerprint density at radius 1 is 1.36 bits per heavy atom. The lowest BCUT2D eigenvalue weighted by Crippen LogP contribution is -2.13. The molecule has 1 aromatic carbocycles. The van der Waals surface area contributed by atoms with Gasteiger partial charge < -0.3 is 14.6 Å². The highest BCUT2D eigenvalue weighted by molar-refractivity contribution is 9.10. The molecular weight excluding hydrogens is 426 g/mol. The summed E-state index contributed by atoms with van der Waals surface area (Å²) >= 11 is 3.44. The Bertz CT molecular complexity index is 976. The molecule has 2 heterocycles. The monoisotopic (exact) mass is 445 g/mol. The molecule has 1 aliphatic carbocycles. The molecule has 2 N–H and O–H groups in total. The number of aromatic nitrogens is 4. The number of hydrogen-bond acceptors (Lipinski definition) is 6. The second-order valence-electron chi connectivity index (χ2n) is 7.04. The van der Waals surface area contributed by atoms with E-state index in [0.29, 0.717) is 39.2 Å². The molecule has 4 rings (SSSR count). The predicted molar refractivity (Wildman–Crippen MR) is 105 cm³/mol. The van der Waals surface area contributed by atoms with Gasteiger partial charge in [0.05, 0.1) is 10.2 Å². The lowest BCUT2D eigenvalue weighted by molar-refractivity contribution is 0.102. The number of benzene rings is 1. The van der Waals surface area contributed by atoms with Gasteiger partial charge in [0, 0.05) is 11.6 Å². The number of amides is 1. The number of carbonyl (C=O) groups excluding carboxylic acids is 1. The topological polar surface area (TPSA) is 106 Å². The fourth-order valence-electron chi connectivity index (χ4n) is 2.67. The predicted octanol–water partition coefficient (Wildman–Crippen LogP) is 4.39. The Labute approximate surface area is 170 Å². The van der Waals surface area contributed by atoms with Crippen LogP contribution in [-0.4, -0.2) is 26.2 Å². The molecule has 0 radical (unpaired) electrons. The lowest BCUT2D eigenvalue weighted by atomic mass is 10.1. The summed E-state index contributed by atoms with van der Waals surface area (Å²) in [7, 11) is 0. The third-order valence-corrected chi connectivity index (χ3v) is 5.22. The first-order chi connectivity index (χ1) is 13.5. The normalized spacial score (nSPS) is 13.7. The second-order valence-corrected chi connectivity index (χ2v) is 7.84. The minimum Gasteiger partial charge on any atom is -0.485 e. The zero-order valence-electron chi connectivity index (χ0n) is 15.5. The molecular formula is C19H20BrN5O3. The highest BCUT2D eigenvalue weighted by Crippen LogP contribution is 2.38. The van der Waals surface area contributed by atoms with E-state index in [2.05, 4.69) is 41.6 Å². The van der Waals surface area contributed by atoms with Gasteiger partial charge in [0.1, 0.15) is 5.75 Å². The van der Waals surface area contributed by atoms with Crippen LogP contribution in [0.25, 0.3) is 0 Å². The number of aromatic amines is 1. The summed E-state index contributed by atoms with van der Waals surface area (Å²) < 4.78 is 11.6. The van der Waals surface area contributed by atoms with Crippen LogP contribution in [0.3, 0.4) is 0 Å². The van der Waals surface area contributed by atoms with Crippen LogP contribution in [0, 0.1) is 0 Å². The van der Waals surface area contributed by atoms with Gasteiger partial charge in [0.25, 0.3) is 5.91 Å². The number of anilines is 1. The molecule has 146 valence electrons. The molecule has 1 aliphatic rings. The number of nitrogens with zero attached hydrogens (tertiary/aromatic N) is 3. The maximum atomic E-state index is 12.4. The molecule has 1 saturated carbocycles. The minimum absolute atomic E-state index is 0.236. The van der Waals surface area contributed by atoms with Gasteiger partial charge in [-0.25, -0.2) is 0 Å². The number of H-pyrrole nitrogens is 1. The van der Waals surface area contributed by atoms with Crippen LogP contribution >= 0.6 is 15.9 Å². The zero-order valence-corrected chi connectivity index (χ0v) is 17.1. The van der Waals surface area contributed by atoms with E-state index >= 15 is 0 Å². The van der Waals surface area contributed by atoms with Gasteiger partial charge in [-0.05, 0) is 59.0 Å². The first kappa shape index (κ1) is 18.7. The summed E-state index contributed by atoms with van der Waals surface area (Å²) in [5.74, 6) is 2.25. The van der Waals surface area contributed by atoms with Crippen LogP contribution in [-0.2, 0) is 6.61 Å². The van der Waals surface area contributed by atoms with Gasteiger partial charge in [-0.2, -0.15) is 10.1 Å². The van der Waals surface area contributed by atoms with Gasteiger partial charge in [-0.15, -0.1) is 0 Å². The van der Waals surface area contributed by atoms with Crippen molar-refractivity contribution in [2.24, 2.45) is 0 Å². The molecule has 9 heteroatoms. The smallest absolute Gasteiger partial charge is 0.277 e. The number of rotatable bonds is 7. The van der Waals surface area contributed by atoms with Crippen molar-refractivity contribution in [1.29, 1.82) is 0 Å². The fraction of sp³-hybridized carbons (Fsp3) is 0.368. The number of nitrogens with one attached hydrogen (secondary N) is 2. The average molecular weight is 446 g/mol. The van der Waals surface area contributed by atoms with Gasteiger partial charge in [0.15, 0.2) is 12.3 Å². The van der Waals surface area contributed by atoms with Crippen LogP contribution < -0.4 is 10.1 Å². The molecule has 0 unspecified atom stereocenters. The summed E-state index contributed by atoms with van der Waals surface area (Å²) in [6.45, 7) is 4.29. The molecule has 1 fully saturated rings. The van der Waals surface area contributed by atoms with Crippen molar-refractivity contribution >= 4 is 27.5 Å². The van der Waals surface area contributed by atoms with E-state index in [4.69, 9.17) is 9.26 Å². The fourth-order valence-corrected chi connectivity index (χ4v) is 3.48. The lowest BCUT2D eigenvalue weighted by Gasteiger charge is -2.07. The molecule has 0 aliphatic heterocycles. The SMILES string of the molecule is CC(C)c1[nH]nc(C(=O)Nc2ccc(OCc3noc(C4CC4)n3)cc2)c1Br. The third kappa shape index (κ3) is 4.09. The Morgan fingerprint density at radius 2 is 2.11 bits per heavy atom. The molecule has 1 amide bonds. The van der Waals surface area contributed by atoms with Crippen LogP contribution in [0.4, 0.5) is 5.69 Å². The highest BCUT2D eigenvalue weighted by Gasteiger charge is 2.29. The van der Waals surface area contributed by atoms with E-state index in [-0.39, 0.29) is 18.4 Å². The molecule has 3 aromatic rings. The number of halogens is 1. The van der Waals surface area contributed by atoms with E-state index in [1.54, 1.807) is 24.3 Å². The van der Waals surface area contributed by atoms with E-state index in [9.17, 15) is 4.79 Å². The molecule has 8 nitrogen and oxygen atoms in total. The summed E-state index contributed by atoms with van der Waals surface area (Å²) in [4.78, 5) is 16.8. The number of carbonyl (C=O) groups is 1. The van der Waals surface area contributed by atoms with Crippen molar-refractivity contribution in [3.63, 3.8) is 0 Å². The summed E-state index contributed by atoms with van der Waals surface area (Å²) in [5.41, 5.74) is 1.86. The van der Waals surface area contributed by atoms with E-state index in [0.717, 1.165) is 18.5 Å². The average Bonchev–Trinajstić information content (AvgIpc) is 3.28. The second kappa shape index (κ2) is 7.75. The standard InChI is InChI=1S/C19H20BrN5O3/c1-10(2)16-15(20)17(24-23-16)18(26)21-12-5-7-13(8-6-12)27-9-14-22-19(28-25-14)11-3-4-11/h5-8,10-11H,3-4,9H2,1-2H3,(H,21,26)(H,23,24). The Balaban J connectivity index is 1.34. The minimum atomic E-state index is -0.289. The first-order valence-electron chi connectivity index (χ1n) is 9.11. The molecule has 28 heavy (non-hydrogen) atoms. The number of hydrogen-bond donors (Lipinski definition) is 2. The van der Waals surface area contributed by atoms with Crippen molar-refractivity contribution in [2.75, 3.05) is 5.32 Å². The van der Waals surface area contributed by atoms with Crippen LogP contribution in [0.15, 0.2) is 33.3 Å². The van der Waals surface area contributed by atoms with Gasteiger partial charge in [0.2, 0.25) is 11.7 Å². The molecule has 0 atom stereocenters. The van der Waals surface area contributed by atoms with Crippen LogP contribution in [0.2, 0.25) is 0 Å². The Morgan fingerprint density at radius 3 is 2.75 bits per heavy atom. The van der Waals surface area contributed by atoms with Gasteiger partial charge >= 0.3 is 0 Å². The largest absolute Gasteiger partial charge is 0.485 e. The molecule has 0 bridgehead atoms. The zero-order chi connectivity index (χ0) is 19.7. The molecule has 0 saturated heterocycles.